The van der Waals surface area contributed by atoms with Crippen molar-refractivity contribution < 1.29 is 4.39 Å². The highest BCUT2D eigenvalue weighted by Gasteiger charge is 2.19. The summed E-state index contributed by atoms with van der Waals surface area (Å²) in [6.07, 6.45) is 2.96. The SMILES string of the molecule is CN(Cc1ccc(-c2cc(F)c3nn(C)cc3c2)nn1)C1CCNC1. The number of benzene rings is 1. The van der Waals surface area contributed by atoms with Gasteiger partial charge in [-0.3, -0.25) is 9.58 Å². The lowest BCUT2D eigenvalue weighted by molar-refractivity contribution is 0.245. The molecule has 4 rings (SSSR count). The van der Waals surface area contributed by atoms with E-state index in [0.29, 0.717) is 22.8 Å². The van der Waals surface area contributed by atoms with Crippen LogP contribution in [0.25, 0.3) is 22.2 Å². The topological polar surface area (TPSA) is 58.9 Å². The predicted octanol–water partition coefficient (Wildman–Crippen LogP) is 1.96. The number of aryl methyl sites for hydroxylation is 1. The summed E-state index contributed by atoms with van der Waals surface area (Å²) in [6.45, 7) is 2.85. The summed E-state index contributed by atoms with van der Waals surface area (Å²) in [5.41, 5.74) is 2.67. The van der Waals surface area contributed by atoms with E-state index in [1.165, 1.54) is 6.07 Å². The molecule has 1 N–H and O–H groups in total. The highest BCUT2D eigenvalue weighted by atomic mass is 19.1. The molecule has 0 aliphatic carbocycles. The van der Waals surface area contributed by atoms with E-state index in [0.717, 1.165) is 37.1 Å². The molecule has 0 spiro atoms. The van der Waals surface area contributed by atoms with Crippen LogP contribution in [0, 0.1) is 5.82 Å². The summed E-state index contributed by atoms with van der Waals surface area (Å²) in [7, 11) is 3.89. The second-order valence-corrected chi connectivity index (χ2v) is 6.67. The van der Waals surface area contributed by atoms with Crippen molar-refractivity contribution in [2.24, 2.45) is 7.05 Å². The normalized spacial score (nSPS) is 17.7. The molecule has 1 aromatic carbocycles. The van der Waals surface area contributed by atoms with E-state index in [4.69, 9.17) is 0 Å². The van der Waals surface area contributed by atoms with Gasteiger partial charge in [0, 0.05) is 43.3 Å². The van der Waals surface area contributed by atoms with Gasteiger partial charge >= 0.3 is 0 Å². The minimum Gasteiger partial charge on any atom is -0.315 e. The Kier molecular flexibility index (Phi) is 4.19. The highest BCUT2D eigenvalue weighted by Crippen LogP contribution is 2.25. The molecule has 6 nitrogen and oxygen atoms in total. The molecular weight excluding hydrogens is 319 g/mol. The number of aromatic nitrogens is 4. The van der Waals surface area contributed by atoms with E-state index in [1.54, 1.807) is 17.9 Å². The number of halogens is 1. The minimum absolute atomic E-state index is 0.340. The zero-order valence-corrected chi connectivity index (χ0v) is 14.4. The fraction of sp³-hybridized carbons (Fsp3) is 0.389. The van der Waals surface area contributed by atoms with E-state index in [2.05, 4.69) is 32.6 Å². The molecular formula is C18H21FN6. The van der Waals surface area contributed by atoms with Gasteiger partial charge in [0.05, 0.1) is 11.4 Å². The lowest BCUT2D eigenvalue weighted by Crippen LogP contribution is -2.33. The van der Waals surface area contributed by atoms with Gasteiger partial charge in [-0.25, -0.2) is 4.39 Å². The summed E-state index contributed by atoms with van der Waals surface area (Å²) in [6, 6.07) is 7.77. The molecule has 1 fully saturated rings. The average molecular weight is 340 g/mol. The van der Waals surface area contributed by atoms with Gasteiger partial charge in [0.2, 0.25) is 0 Å². The molecule has 130 valence electrons. The Morgan fingerprint density at radius 3 is 2.92 bits per heavy atom. The fourth-order valence-corrected chi connectivity index (χ4v) is 3.36. The van der Waals surface area contributed by atoms with Gasteiger partial charge in [0.1, 0.15) is 5.52 Å². The quantitative estimate of drug-likeness (QED) is 0.787. The Morgan fingerprint density at radius 2 is 2.20 bits per heavy atom. The van der Waals surface area contributed by atoms with Crippen molar-refractivity contribution in [2.75, 3.05) is 20.1 Å². The first kappa shape index (κ1) is 16.1. The van der Waals surface area contributed by atoms with Crippen LogP contribution in [0.5, 0.6) is 0 Å². The van der Waals surface area contributed by atoms with Gasteiger partial charge in [-0.05, 0) is 44.3 Å². The Hall–Kier alpha value is -2.38. The van der Waals surface area contributed by atoms with Crippen molar-refractivity contribution in [1.29, 1.82) is 0 Å². The summed E-state index contributed by atoms with van der Waals surface area (Å²) in [5, 5.41) is 16.9. The molecule has 3 aromatic rings. The fourth-order valence-electron chi connectivity index (χ4n) is 3.36. The number of hydrogen-bond donors (Lipinski definition) is 1. The maximum absolute atomic E-state index is 14.2. The van der Waals surface area contributed by atoms with Gasteiger partial charge in [-0.1, -0.05) is 0 Å². The van der Waals surface area contributed by atoms with Gasteiger partial charge in [0.15, 0.2) is 5.82 Å². The van der Waals surface area contributed by atoms with E-state index < -0.39 is 0 Å². The molecule has 7 heteroatoms. The van der Waals surface area contributed by atoms with Crippen molar-refractivity contribution in [2.45, 2.75) is 19.0 Å². The summed E-state index contributed by atoms with van der Waals surface area (Å²) in [5.74, 6) is -0.340. The van der Waals surface area contributed by atoms with E-state index in [9.17, 15) is 4.39 Å². The third-order valence-electron chi connectivity index (χ3n) is 4.76. The minimum atomic E-state index is -0.340. The Labute approximate surface area is 145 Å². The van der Waals surface area contributed by atoms with Crippen LogP contribution in [-0.4, -0.2) is 51.1 Å². The van der Waals surface area contributed by atoms with Crippen LogP contribution in [0.3, 0.4) is 0 Å². The van der Waals surface area contributed by atoms with Crippen LogP contribution >= 0.6 is 0 Å². The molecule has 0 saturated carbocycles. The summed E-state index contributed by atoms with van der Waals surface area (Å²) in [4.78, 5) is 2.30. The number of fused-ring (bicyclic) bond motifs is 1. The predicted molar refractivity (Wildman–Crippen MR) is 94.4 cm³/mol. The van der Waals surface area contributed by atoms with Crippen molar-refractivity contribution in [3.8, 4) is 11.3 Å². The van der Waals surface area contributed by atoms with Crippen molar-refractivity contribution >= 4 is 10.9 Å². The van der Waals surface area contributed by atoms with Crippen molar-refractivity contribution in [3.63, 3.8) is 0 Å². The number of hydrogen-bond acceptors (Lipinski definition) is 5. The Morgan fingerprint density at radius 1 is 1.32 bits per heavy atom. The van der Waals surface area contributed by atoms with Crippen LogP contribution in [0.2, 0.25) is 0 Å². The Balaban J connectivity index is 1.55. The highest BCUT2D eigenvalue weighted by molar-refractivity contribution is 5.84. The molecule has 0 radical (unpaired) electrons. The zero-order valence-electron chi connectivity index (χ0n) is 14.4. The molecule has 2 aromatic heterocycles. The molecule has 1 aliphatic heterocycles. The maximum atomic E-state index is 14.2. The number of rotatable bonds is 4. The van der Waals surface area contributed by atoms with Crippen LogP contribution in [-0.2, 0) is 13.6 Å². The molecule has 3 heterocycles. The summed E-state index contributed by atoms with van der Waals surface area (Å²) >= 11 is 0. The van der Waals surface area contributed by atoms with Gasteiger partial charge in [-0.2, -0.15) is 15.3 Å². The van der Waals surface area contributed by atoms with E-state index >= 15 is 0 Å². The van der Waals surface area contributed by atoms with Crippen molar-refractivity contribution in [3.05, 3.63) is 42.0 Å². The van der Waals surface area contributed by atoms with Gasteiger partial charge in [-0.15, -0.1) is 0 Å². The molecule has 25 heavy (non-hydrogen) atoms. The van der Waals surface area contributed by atoms with Crippen LogP contribution < -0.4 is 5.32 Å². The molecule has 1 atom stereocenters. The molecule has 1 saturated heterocycles. The largest absolute Gasteiger partial charge is 0.315 e. The third kappa shape index (κ3) is 3.25. The standard InChI is InChI=1S/C18H21FN6/c1-24(15-5-6-20-9-15)11-14-3-4-17(22-21-14)12-7-13-10-25(2)23-18(13)16(19)8-12/h3-4,7-8,10,15,20H,5-6,9,11H2,1-2H3. The zero-order chi connectivity index (χ0) is 17.4. The molecule has 0 bridgehead atoms. The average Bonchev–Trinajstić information content (AvgIpc) is 3.24. The van der Waals surface area contributed by atoms with Crippen LogP contribution in [0.4, 0.5) is 4.39 Å². The molecule has 1 aliphatic rings. The first-order chi connectivity index (χ1) is 12.1. The van der Waals surface area contributed by atoms with Crippen LogP contribution in [0.1, 0.15) is 12.1 Å². The lowest BCUT2D eigenvalue weighted by atomic mass is 10.1. The number of nitrogens with zero attached hydrogens (tertiary/aromatic N) is 5. The molecule has 0 amide bonds. The monoisotopic (exact) mass is 340 g/mol. The molecule has 1 unspecified atom stereocenters. The van der Waals surface area contributed by atoms with E-state index in [-0.39, 0.29) is 5.82 Å². The number of likely N-dealkylation sites (N-methyl/N-ethyl adjacent to an activating group) is 1. The van der Waals surface area contributed by atoms with Gasteiger partial charge < -0.3 is 5.32 Å². The van der Waals surface area contributed by atoms with E-state index in [1.807, 2.05) is 18.2 Å². The lowest BCUT2D eigenvalue weighted by Gasteiger charge is -2.22. The van der Waals surface area contributed by atoms with Gasteiger partial charge in [0.25, 0.3) is 0 Å². The third-order valence-corrected chi connectivity index (χ3v) is 4.76. The van der Waals surface area contributed by atoms with Crippen LogP contribution in [0.15, 0.2) is 30.5 Å². The van der Waals surface area contributed by atoms with Crippen molar-refractivity contribution in [1.82, 2.24) is 30.2 Å². The number of nitrogens with one attached hydrogen (secondary N) is 1. The first-order valence-electron chi connectivity index (χ1n) is 8.47. The Bertz CT molecular complexity index is 882. The summed E-state index contributed by atoms with van der Waals surface area (Å²) < 4.78 is 15.8. The second kappa shape index (κ2) is 6.50. The second-order valence-electron chi connectivity index (χ2n) is 6.67. The maximum Gasteiger partial charge on any atom is 0.151 e. The first-order valence-corrected chi connectivity index (χ1v) is 8.47. The smallest absolute Gasteiger partial charge is 0.151 e.